The molecule has 5 nitrogen and oxygen atoms in total. The molecule has 0 aromatic heterocycles. The number of aromatic hydroxyl groups is 1. The average Bonchev–Trinajstić information content (AvgIpc) is 2.01. The lowest BCUT2D eigenvalue weighted by Gasteiger charge is -2.03. The summed E-state index contributed by atoms with van der Waals surface area (Å²) in [6.07, 6.45) is 0. The van der Waals surface area contributed by atoms with Crippen LogP contribution >= 0.6 is 23.2 Å². The van der Waals surface area contributed by atoms with Gasteiger partial charge in [0.25, 0.3) is 0 Å². The quantitative estimate of drug-likeness (QED) is 0.433. The second-order valence-corrected chi connectivity index (χ2v) is 3.02. The molecule has 0 saturated heterocycles. The first-order valence-electron chi connectivity index (χ1n) is 3.06. The molecule has 0 aliphatic heterocycles. The summed E-state index contributed by atoms with van der Waals surface area (Å²) in [6, 6.07) is 1.14. The lowest BCUT2D eigenvalue weighted by atomic mass is 10.2. The predicted octanol–water partition coefficient (Wildman–Crippen LogP) is 2.19. The predicted molar refractivity (Wildman–Crippen MR) is 49.2 cm³/mol. The number of nitrogens with zero attached hydrogens (tertiary/aromatic N) is 1. The van der Waals surface area contributed by atoms with E-state index in [1.54, 1.807) is 0 Å². The van der Waals surface area contributed by atoms with Crippen molar-refractivity contribution in [3.05, 3.63) is 26.2 Å². The molecule has 0 bridgehead atoms. The van der Waals surface area contributed by atoms with Gasteiger partial charge >= 0.3 is 5.69 Å². The van der Waals surface area contributed by atoms with Gasteiger partial charge in [-0.25, -0.2) is 0 Å². The van der Waals surface area contributed by atoms with Crippen molar-refractivity contribution in [1.29, 1.82) is 0 Å². The number of nitro benzene ring substituents is 1. The van der Waals surface area contributed by atoms with Crippen molar-refractivity contribution in [3.63, 3.8) is 0 Å². The number of halogens is 2. The van der Waals surface area contributed by atoms with Crippen LogP contribution in [-0.4, -0.2) is 10.0 Å². The normalized spacial score (nSPS) is 10.0. The van der Waals surface area contributed by atoms with Crippen LogP contribution in [0.2, 0.25) is 10.0 Å². The van der Waals surface area contributed by atoms with E-state index in [1.165, 1.54) is 0 Å². The Hall–Kier alpha value is -1.20. The van der Waals surface area contributed by atoms with E-state index < -0.39 is 16.4 Å². The first kappa shape index (κ1) is 9.88. The van der Waals surface area contributed by atoms with Crippen LogP contribution in [0, 0.1) is 10.1 Å². The molecule has 1 rings (SSSR count). The number of nitrogen functional groups attached to an aromatic ring is 1. The second kappa shape index (κ2) is 3.27. The molecular formula is C6H4Cl2N2O3. The van der Waals surface area contributed by atoms with Gasteiger partial charge in [0.1, 0.15) is 5.69 Å². The summed E-state index contributed by atoms with van der Waals surface area (Å²) in [5.74, 6) is -0.673. The monoisotopic (exact) mass is 222 g/mol. The van der Waals surface area contributed by atoms with Crippen LogP contribution < -0.4 is 5.73 Å². The van der Waals surface area contributed by atoms with Gasteiger partial charge in [-0.15, -0.1) is 0 Å². The summed E-state index contributed by atoms with van der Waals surface area (Å²) in [5, 5.41) is 19.3. The van der Waals surface area contributed by atoms with Crippen LogP contribution in [0.1, 0.15) is 0 Å². The van der Waals surface area contributed by atoms with Crippen molar-refractivity contribution in [2.45, 2.75) is 0 Å². The van der Waals surface area contributed by atoms with Crippen molar-refractivity contribution in [1.82, 2.24) is 0 Å². The van der Waals surface area contributed by atoms with Crippen LogP contribution in [0.15, 0.2) is 6.07 Å². The maximum atomic E-state index is 10.4. The molecule has 0 amide bonds. The summed E-state index contributed by atoms with van der Waals surface area (Å²) < 4.78 is 0. The number of hydrogen-bond acceptors (Lipinski definition) is 4. The number of rotatable bonds is 1. The smallest absolute Gasteiger partial charge is 0.336 e. The summed E-state index contributed by atoms with van der Waals surface area (Å²) >= 11 is 11.0. The first-order valence-corrected chi connectivity index (χ1v) is 3.81. The van der Waals surface area contributed by atoms with Crippen molar-refractivity contribution in [2.75, 3.05) is 5.73 Å². The van der Waals surface area contributed by atoms with E-state index in [1.807, 2.05) is 0 Å². The van der Waals surface area contributed by atoms with Gasteiger partial charge in [0.2, 0.25) is 5.75 Å². The lowest BCUT2D eigenvalue weighted by molar-refractivity contribution is -0.384. The lowest BCUT2D eigenvalue weighted by Crippen LogP contribution is -1.97. The van der Waals surface area contributed by atoms with Crippen molar-refractivity contribution in [2.24, 2.45) is 0 Å². The molecular weight excluding hydrogens is 219 g/mol. The highest BCUT2D eigenvalue weighted by Gasteiger charge is 2.23. The fraction of sp³-hybridized carbons (Fsp3) is 0. The molecule has 70 valence electrons. The highest BCUT2D eigenvalue weighted by molar-refractivity contribution is 6.38. The number of nitro groups is 1. The number of phenols is 1. The Kier molecular flexibility index (Phi) is 2.49. The maximum absolute atomic E-state index is 10.4. The minimum absolute atomic E-state index is 0.0606. The highest BCUT2D eigenvalue weighted by atomic mass is 35.5. The van der Waals surface area contributed by atoms with E-state index in [4.69, 9.17) is 34.0 Å². The van der Waals surface area contributed by atoms with Gasteiger partial charge in [0.15, 0.2) is 0 Å². The zero-order chi connectivity index (χ0) is 10.2. The third-order valence-electron chi connectivity index (χ3n) is 1.40. The van der Waals surface area contributed by atoms with Crippen molar-refractivity contribution in [3.8, 4) is 5.75 Å². The highest BCUT2D eigenvalue weighted by Crippen LogP contribution is 2.42. The van der Waals surface area contributed by atoms with Gasteiger partial charge in [0, 0.05) is 0 Å². The third kappa shape index (κ3) is 1.61. The molecule has 1 aromatic carbocycles. The fourth-order valence-corrected chi connectivity index (χ4v) is 1.25. The number of nitrogens with two attached hydrogens (primary N) is 1. The van der Waals surface area contributed by atoms with Gasteiger partial charge in [-0.2, -0.15) is 0 Å². The van der Waals surface area contributed by atoms with Crippen LogP contribution in [-0.2, 0) is 0 Å². The summed E-state index contributed by atoms with van der Waals surface area (Å²) in [6.45, 7) is 0. The van der Waals surface area contributed by atoms with Gasteiger partial charge < -0.3 is 10.8 Å². The summed E-state index contributed by atoms with van der Waals surface area (Å²) in [4.78, 5) is 9.55. The molecule has 0 spiro atoms. The Balaban J connectivity index is 3.56. The van der Waals surface area contributed by atoms with Crippen molar-refractivity contribution < 1.29 is 10.0 Å². The summed E-state index contributed by atoms with van der Waals surface area (Å²) in [7, 11) is 0. The van der Waals surface area contributed by atoms with Crippen LogP contribution in [0.3, 0.4) is 0 Å². The number of anilines is 1. The Labute approximate surface area is 82.8 Å². The molecule has 0 atom stereocenters. The minimum atomic E-state index is -0.845. The van der Waals surface area contributed by atoms with E-state index in [0.717, 1.165) is 6.07 Å². The second-order valence-electron chi connectivity index (χ2n) is 2.21. The molecule has 1 aromatic rings. The zero-order valence-electron chi connectivity index (χ0n) is 6.12. The first-order chi connectivity index (χ1) is 5.95. The summed E-state index contributed by atoms with van der Waals surface area (Å²) in [5.41, 5.74) is 4.29. The molecule has 0 heterocycles. The minimum Gasteiger partial charge on any atom is -0.501 e. The van der Waals surface area contributed by atoms with E-state index >= 15 is 0 Å². The average molecular weight is 223 g/mol. The topological polar surface area (TPSA) is 89.4 Å². The van der Waals surface area contributed by atoms with E-state index in [-0.39, 0.29) is 15.7 Å². The largest absolute Gasteiger partial charge is 0.501 e. The number of phenolic OH excluding ortho intramolecular Hbond substituents is 1. The Morgan fingerprint density at radius 1 is 1.46 bits per heavy atom. The number of benzene rings is 1. The maximum Gasteiger partial charge on any atom is 0.336 e. The molecule has 13 heavy (non-hydrogen) atoms. The van der Waals surface area contributed by atoms with E-state index in [2.05, 4.69) is 0 Å². The molecule has 0 saturated carbocycles. The van der Waals surface area contributed by atoms with Gasteiger partial charge in [-0.05, 0) is 6.07 Å². The molecule has 0 aliphatic carbocycles. The molecule has 7 heteroatoms. The van der Waals surface area contributed by atoms with Crippen LogP contribution in [0.25, 0.3) is 0 Å². The van der Waals surface area contributed by atoms with Crippen LogP contribution in [0.5, 0.6) is 5.75 Å². The third-order valence-corrected chi connectivity index (χ3v) is 2.00. The standard InChI is InChI=1S/C6H4Cl2N2O3/c7-2-1-3(8)6(11)5(4(2)9)10(12)13/h1,11H,9H2. The SMILES string of the molecule is Nc1c(Cl)cc(Cl)c(O)c1[N+](=O)[O-]. The Morgan fingerprint density at radius 3 is 2.46 bits per heavy atom. The van der Waals surface area contributed by atoms with Gasteiger partial charge in [0.05, 0.1) is 15.0 Å². The van der Waals surface area contributed by atoms with E-state index in [9.17, 15) is 10.1 Å². The Morgan fingerprint density at radius 2 is 2.00 bits per heavy atom. The molecule has 0 unspecified atom stereocenters. The molecule has 0 fully saturated rings. The van der Waals surface area contributed by atoms with Crippen molar-refractivity contribution >= 4 is 34.6 Å². The van der Waals surface area contributed by atoms with E-state index in [0.29, 0.717) is 0 Å². The molecule has 0 aliphatic rings. The molecule has 0 radical (unpaired) electrons. The Bertz CT molecular complexity index is 354. The number of hydrogen-bond donors (Lipinski definition) is 2. The zero-order valence-corrected chi connectivity index (χ0v) is 7.63. The van der Waals surface area contributed by atoms with Crippen LogP contribution in [0.4, 0.5) is 11.4 Å². The molecule has 3 N–H and O–H groups in total. The van der Waals surface area contributed by atoms with Gasteiger partial charge in [-0.3, -0.25) is 10.1 Å². The fourth-order valence-electron chi connectivity index (χ4n) is 0.796. The van der Waals surface area contributed by atoms with Gasteiger partial charge in [-0.1, -0.05) is 23.2 Å².